The van der Waals surface area contributed by atoms with E-state index in [0.29, 0.717) is 0 Å². The number of sulfonamides is 1. The predicted molar refractivity (Wildman–Crippen MR) is 47.7 cm³/mol. The van der Waals surface area contributed by atoms with Gasteiger partial charge in [0, 0.05) is 13.1 Å². The second-order valence-electron chi connectivity index (χ2n) is 2.67. The van der Waals surface area contributed by atoms with E-state index in [1.165, 1.54) is 0 Å². The molecule has 0 aliphatic heterocycles. The van der Waals surface area contributed by atoms with Gasteiger partial charge in [0.25, 0.3) is 0 Å². The Kier molecular flexibility index (Phi) is 6.10. The van der Waals surface area contributed by atoms with Crippen molar-refractivity contribution in [1.82, 2.24) is 4.72 Å². The highest BCUT2D eigenvalue weighted by Gasteiger charge is 2.27. The van der Waals surface area contributed by atoms with E-state index >= 15 is 0 Å². The molecule has 0 aromatic heterocycles. The average Bonchev–Trinajstić information content (AvgIpc) is 2.00. The summed E-state index contributed by atoms with van der Waals surface area (Å²) in [7, 11) is -3.48. The number of nitrogens with one attached hydrogen (secondary N) is 1. The van der Waals surface area contributed by atoms with Crippen molar-refractivity contribution in [1.29, 1.82) is 0 Å². The Morgan fingerprint density at radius 1 is 1.33 bits per heavy atom. The Labute approximate surface area is 85.8 Å². The monoisotopic (exact) mass is 250 g/mol. The molecule has 0 heterocycles. The highest BCUT2D eigenvalue weighted by atomic mass is 32.2. The van der Waals surface area contributed by atoms with Crippen LogP contribution >= 0.6 is 0 Å². The second kappa shape index (κ2) is 6.26. The lowest BCUT2D eigenvalue weighted by molar-refractivity contribution is -0.173. The zero-order valence-corrected chi connectivity index (χ0v) is 8.70. The van der Waals surface area contributed by atoms with Gasteiger partial charge in [0.1, 0.15) is 6.61 Å². The Bertz CT molecular complexity index is 265. The molecular formula is C6H13F3N2O3S. The van der Waals surface area contributed by atoms with Gasteiger partial charge in [0.15, 0.2) is 0 Å². The highest BCUT2D eigenvalue weighted by Crippen LogP contribution is 2.13. The quantitative estimate of drug-likeness (QED) is 0.594. The molecular weight excluding hydrogens is 237 g/mol. The summed E-state index contributed by atoms with van der Waals surface area (Å²) in [6.07, 6.45) is -4.39. The fourth-order valence-corrected chi connectivity index (χ4v) is 1.53. The summed E-state index contributed by atoms with van der Waals surface area (Å²) in [5.74, 6) is -0.258. The molecule has 92 valence electrons. The molecule has 0 bridgehead atoms. The van der Waals surface area contributed by atoms with Gasteiger partial charge in [-0.3, -0.25) is 0 Å². The van der Waals surface area contributed by atoms with Crippen LogP contribution in [0.2, 0.25) is 0 Å². The molecule has 15 heavy (non-hydrogen) atoms. The summed E-state index contributed by atoms with van der Waals surface area (Å²) in [6, 6.07) is 0. The first-order valence-corrected chi connectivity index (χ1v) is 5.74. The Hall–Kier alpha value is -0.380. The molecule has 0 aromatic rings. The van der Waals surface area contributed by atoms with Gasteiger partial charge in [-0.1, -0.05) is 0 Å². The third kappa shape index (κ3) is 9.91. The zero-order valence-electron chi connectivity index (χ0n) is 7.88. The first kappa shape index (κ1) is 14.6. The maximum atomic E-state index is 11.6. The molecule has 0 saturated heterocycles. The van der Waals surface area contributed by atoms with Crippen LogP contribution in [0.25, 0.3) is 0 Å². The molecule has 0 rings (SSSR count). The average molecular weight is 250 g/mol. The Balaban J connectivity index is 3.55. The molecule has 0 amide bonds. The minimum absolute atomic E-state index is 0.0429. The minimum Gasteiger partial charge on any atom is -0.371 e. The van der Waals surface area contributed by atoms with Crippen LogP contribution in [0.3, 0.4) is 0 Å². The molecule has 0 radical (unpaired) electrons. The van der Waals surface area contributed by atoms with Crippen molar-refractivity contribution in [2.24, 2.45) is 5.73 Å². The molecule has 0 atom stereocenters. The molecule has 3 N–H and O–H groups in total. The van der Waals surface area contributed by atoms with Crippen LogP contribution in [-0.2, 0) is 14.8 Å². The van der Waals surface area contributed by atoms with Gasteiger partial charge in [-0.05, 0) is 0 Å². The molecule has 0 aliphatic carbocycles. The molecule has 0 spiro atoms. The molecule has 0 aromatic carbocycles. The van der Waals surface area contributed by atoms with Gasteiger partial charge in [-0.15, -0.1) is 0 Å². The lowest BCUT2D eigenvalue weighted by Gasteiger charge is -2.08. The van der Waals surface area contributed by atoms with Gasteiger partial charge in [-0.2, -0.15) is 13.2 Å². The van der Waals surface area contributed by atoms with Crippen molar-refractivity contribution in [3.8, 4) is 0 Å². The molecule has 5 nitrogen and oxygen atoms in total. The van der Waals surface area contributed by atoms with E-state index in [1.807, 2.05) is 4.72 Å². The first-order chi connectivity index (χ1) is 6.77. The van der Waals surface area contributed by atoms with Gasteiger partial charge < -0.3 is 10.5 Å². The van der Waals surface area contributed by atoms with E-state index in [4.69, 9.17) is 5.73 Å². The van der Waals surface area contributed by atoms with Crippen LogP contribution in [0, 0.1) is 0 Å². The van der Waals surface area contributed by atoms with Crippen molar-refractivity contribution < 1.29 is 26.3 Å². The molecule has 0 saturated carbocycles. The van der Waals surface area contributed by atoms with Gasteiger partial charge in [-0.25, -0.2) is 13.1 Å². The van der Waals surface area contributed by atoms with E-state index < -0.39 is 22.8 Å². The van der Waals surface area contributed by atoms with Crippen LogP contribution in [0.5, 0.6) is 0 Å². The number of halogens is 3. The number of alkyl halides is 3. The molecule has 9 heteroatoms. The maximum absolute atomic E-state index is 11.6. The predicted octanol–water partition coefficient (Wildman–Crippen LogP) is -0.557. The van der Waals surface area contributed by atoms with Crippen molar-refractivity contribution in [2.45, 2.75) is 6.18 Å². The fourth-order valence-electron chi connectivity index (χ4n) is 0.685. The number of rotatable bonds is 7. The minimum atomic E-state index is -4.39. The highest BCUT2D eigenvalue weighted by molar-refractivity contribution is 7.89. The van der Waals surface area contributed by atoms with E-state index in [0.717, 1.165) is 0 Å². The Morgan fingerprint density at radius 2 is 1.93 bits per heavy atom. The van der Waals surface area contributed by atoms with Gasteiger partial charge >= 0.3 is 6.18 Å². The van der Waals surface area contributed by atoms with Gasteiger partial charge in [0.2, 0.25) is 10.0 Å². The largest absolute Gasteiger partial charge is 0.411 e. The summed E-state index contributed by atoms with van der Waals surface area (Å²) < 4.78 is 62.8. The smallest absolute Gasteiger partial charge is 0.371 e. The summed E-state index contributed by atoms with van der Waals surface area (Å²) in [5, 5.41) is 0. The summed E-state index contributed by atoms with van der Waals surface area (Å²) >= 11 is 0. The Morgan fingerprint density at radius 3 is 2.40 bits per heavy atom. The summed E-state index contributed by atoms with van der Waals surface area (Å²) in [6.45, 7) is -1.95. The van der Waals surface area contributed by atoms with E-state index in [1.54, 1.807) is 0 Å². The fraction of sp³-hybridized carbons (Fsp3) is 1.00. The van der Waals surface area contributed by atoms with Crippen LogP contribution < -0.4 is 10.5 Å². The first-order valence-electron chi connectivity index (χ1n) is 4.09. The van der Waals surface area contributed by atoms with Crippen molar-refractivity contribution >= 4 is 10.0 Å². The number of ether oxygens (including phenoxy) is 1. The number of nitrogens with two attached hydrogens (primary N) is 1. The van der Waals surface area contributed by atoms with E-state index in [9.17, 15) is 21.6 Å². The van der Waals surface area contributed by atoms with E-state index in [2.05, 4.69) is 4.74 Å². The van der Waals surface area contributed by atoms with Crippen LogP contribution in [0.4, 0.5) is 13.2 Å². The standard InChI is InChI=1S/C6H13F3N2O3S/c7-6(8,9)5-14-3-2-11-15(12,13)4-1-10/h11H,1-5,10H2. The van der Waals surface area contributed by atoms with Crippen molar-refractivity contribution in [2.75, 3.05) is 32.1 Å². The number of hydrogen-bond donors (Lipinski definition) is 2. The van der Waals surface area contributed by atoms with Gasteiger partial charge in [0.05, 0.1) is 12.4 Å². The zero-order chi connectivity index (χ0) is 11.9. The summed E-state index contributed by atoms with van der Waals surface area (Å²) in [4.78, 5) is 0. The lowest BCUT2D eigenvalue weighted by Crippen LogP contribution is -2.33. The normalized spacial score (nSPS) is 13.1. The second-order valence-corrected chi connectivity index (χ2v) is 4.60. The SMILES string of the molecule is NCCS(=O)(=O)NCCOCC(F)(F)F. The lowest BCUT2D eigenvalue weighted by atomic mass is 10.7. The summed E-state index contributed by atoms with van der Waals surface area (Å²) in [5.41, 5.74) is 5.00. The number of hydrogen-bond acceptors (Lipinski definition) is 4. The molecule has 0 unspecified atom stereocenters. The van der Waals surface area contributed by atoms with Crippen LogP contribution in [0.1, 0.15) is 0 Å². The maximum Gasteiger partial charge on any atom is 0.411 e. The third-order valence-electron chi connectivity index (χ3n) is 1.22. The van der Waals surface area contributed by atoms with Crippen LogP contribution in [0.15, 0.2) is 0 Å². The molecule has 0 fully saturated rings. The van der Waals surface area contributed by atoms with Crippen molar-refractivity contribution in [3.63, 3.8) is 0 Å². The topological polar surface area (TPSA) is 81.4 Å². The molecule has 0 aliphatic rings. The third-order valence-corrected chi connectivity index (χ3v) is 2.64. The van der Waals surface area contributed by atoms with E-state index in [-0.39, 0.29) is 25.4 Å². The van der Waals surface area contributed by atoms with Crippen LogP contribution in [-0.4, -0.2) is 46.7 Å². The van der Waals surface area contributed by atoms with Crippen molar-refractivity contribution in [3.05, 3.63) is 0 Å².